The number of benzene rings is 2. The molecule has 8 nitrogen and oxygen atoms in total. The van der Waals surface area contributed by atoms with Crippen molar-refractivity contribution in [1.29, 1.82) is 0 Å². The number of aromatic nitrogens is 3. The van der Waals surface area contributed by atoms with E-state index in [9.17, 15) is 0 Å². The summed E-state index contributed by atoms with van der Waals surface area (Å²) in [5, 5.41) is 7.55. The molecule has 1 fully saturated rings. The normalized spacial score (nSPS) is 14.1. The van der Waals surface area contributed by atoms with Gasteiger partial charge in [0.2, 0.25) is 17.8 Å². The Labute approximate surface area is 183 Å². The van der Waals surface area contributed by atoms with Gasteiger partial charge in [0, 0.05) is 24.1 Å². The average molecular weight is 468 g/mol. The quantitative estimate of drug-likeness (QED) is 0.405. The van der Waals surface area contributed by atoms with E-state index in [1.165, 1.54) is 0 Å². The predicted molar refractivity (Wildman–Crippen MR) is 122 cm³/mol. The van der Waals surface area contributed by atoms with Gasteiger partial charge in [-0.25, -0.2) is 5.43 Å². The van der Waals surface area contributed by atoms with Crippen LogP contribution in [-0.4, -0.2) is 47.5 Å². The lowest BCUT2D eigenvalue weighted by Gasteiger charge is -2.27. The van der Waals surface area contributed by atoms with E-state index in [1.54, 1.807) is 6.21 Å². The molecule has 154 valence electrons. The number of hydrogen-bond donors (Lipinski definition) is 2. The highest BCUT2D eigenvalue weighted by molar-refractivity contribution is 9.10. The molecule has 0 radical (unpaired) electrons. The van der Waals surface area contributed by atoms with E-state index in [0.717, 1.165) is 28.7 Å². The lowest BCUT2D eigenvalue weighted by molar-refractivity contribution is 0.122. The van der Waals surface area contributed by atoms with Crippen molar-refractivity contribution in [2.45, 2.75) is 6.54 Å². The lowest BCUT2D eigenvalue weighted by atomic mass is 10.2. The molecule has 1 saturated heterocycles. The van der Waals surface area contributed by atoms with Crippen LogP contribution >= 0.6 is 15.9 Å². The van der Waals surface area contributed by atoms with E-state index in [2.05, 4.69) is 63.8 Å². The van der Waals surface area contributed by atoms with Gasteiger partial charge in [-0.05, 0) is 23.3 Å². The second kappa shape index (κ2) is 10.1. The SMILES string of the molecule is Brc1ccc(C=NNc2nc(NCc3ccccc3)nc(N3CCOCC3)n2)cc1. The maximum atomic E-state index is 5.44. The van der Waals surface area contributed by atoms with Crippen molar-refractivity contribution in [2.75, 3.05) is 41.9 Å². The summed E-state index contributed by atoms with van der Waals surface area (Å²) in [4.78, 5) is 15.7. The number of halogens is 1. The van der Waals surface area contributed by atoms with Gasteiger partial charge in [-0.3, -0.25) is 0 Å². The van der Waals surface area contributed by atoms with Crippen LogP contribution in [0.1, 0.15) is 11.1 Å². The highest BCUT2D eigenvalue weighted by atomic mass is 79.9. The summed E-state index contributed by atoms with van der Waals surface area (Å²) in [6.45, 7) is 3.41. The van der Waals surface area contributed by atoms with E-state index in [0.29, 0.717) is 37.6 Å². The van der Waals surface area contributed by atoms with Crippen molar-refractivity contribution in [3.8, 4) is 0 Å². The Morgan fingerprint density at radius 1 is 0.967 bits per heavy atom. The topological polar surface area (TPSA) is 87.6 Å². The zero-order chi connectivity index (χ0) is 20.6. The first kappa shape index (κ1) is 20.2. The van der Waals surface area contributed by atoms with Crippen LogP contribution in [0.5, 0.6) is 0 Å². The Balaban J connectivity index is 1.50. The van der Waals surface area contributed by atoms with Crippen LogP contribution < -0.4 is 15.6 Å². The highest BCUT2D eigenvalue weighted by Gasteiger charge is 2.16. The molecule has 0 unspecified atom stereocenters. The van der Waals surface area contributed by atoms with Gasteiger partial charge in [-0.2, -0.15) is 20.1 Å². The van der Waals surface area contributed by atoms with Gasteiger partial charge in [-0.1, -0.05) is 58.4 Å². The lowest BCUT2D eigenvalue weighted by Crippen LogP contribution is -2.37. The largest absolute Gasteiger partial charge is 0.378 e. The van der Waals surface area contributed by atoms with Crippen LogP contribution in [0.15, 0.2) is 64.2 Å². The molecule has 30 heavy (non-hydrogen) atoms. The number of hydrazone groups is 1. The van der Waals surface area contributed by atoms with Gasteiger partial charge in [0.15, 0.2) is 0 Å². The van der Waals surface area contributed by atoms with Crippen molar-refractivity contribution >= 4 is 40.0 Å². The second-order valence-corrected chi connectivity index (χ2v) is 7.56. The average Bonchev–Trinajstić information content (AvgIpc) is 2.80. The third-order valence-electron chi connectivity index (χ3n) is 4.46. The Bertz CT molecular complexity index is 976. The van der Waals surface area contributed by atoms with Crippen LogP contribution in [0, 0.1) is 0 Å². The van der Waals surface area contributed by atoms with Gasteiger partial charge in [0.1, 0.15) is 0 Å². The number of anilines is 3. The van der Waals surface area contributed by atoms with Gasteiger partial charge in [0.05, 0.1) is 19.4 Å². The summed E-state index contributed by atoms with van der Waals surface area (Å²) in [6.07, 6.45) is 1.72. The number of nitrogens with one attached hydrogen (secondary N) is 2. The Hall–Kier alpha value is -3.04. The Kier molecular flexibility index (Phi) is 6.83. The van der Waals surface area contributed by atoms with Crippen molar-refractivity contribution in [3.63, 3.8) is 0 Å². The van der Waals surface area contributed by atoms with Crippen LogP contribution in [0.25, 0.3) is 0 Å². The molecule has 2 heterocycles. The molecular weight excluding hydrogens is 446 g/mol. The summed E-state index contributed by atoms with van der Waals surface area (Å²) in [6, 6.07) is 18.0. The molecule has 1 aromatic heterocycles. The first-order chi connectivity index (χ1) is 14.8. The molecule has 1 aliphatic heterocycles. The zero-order valence-corrected chi connectivity index (χ0v) is 17.9. The summed E-state index contributed by atoms with van der Waals surface area (Å²) in [5.74, 6) is 1.48. The molecule has 0 aliphatic carbocycles. The molecule has 9 heteroatoms. The van der Waals surface area contributed by atoms with Crippen molar-refractivity contribution in [3.05, 3.63) is 70.2 Å². The molecule has 1 aliphatic rings. The molecule has 2 N–H and O–H groups in total. The van der Waals surface area contributed by atoms with Gasteiger partial charge < -0.3 is 15.0 Å². The fraction of sp³-hybridized carbons (Fsp3) is 0.238. The Morgan fingerprint density at radius 3 is 2.47 bits per heavy atom. The maximum absolute atomic E-state index is 5.44. The molecular formula is C21H22BrN7O. The zero-order valence-electron chi connectivity index (χ0n) is 16.3. The molecule has 0 amide bonds. The number of rotatable bonds is 7. The molecule has 0 saturated carbocycles. The van der Waals surface area contributed by atoms with Crippen LogP contribution in [0.2, 0.25) is 0 Å². The van der Waals surface area contributed by atoms with E-state index in [1.807, 2.05) is 42.5 Å². The number of morpholine rings is 1. The van der Waals surface area contributed by atoms with Crippen molar-refractivity contribution < 1.29 is 4.74 Å². The third-order valence-corrected chi connectivity index (χ3v) is 4.99. The number of hydrogen-bond acceptors (Lipinski definition) is 8. The summed E-state index contributed by atoms with van der Waals surface area (Å²) < 4.78 is 6.46. The number of nitrogens with zero attached hydrogens (tertiary/aromatic N) is 5. The minimum absolute atomic E-state index is 0.385. The van der Waals surface area contributed by atoms with E-state index < -0.39 is 0 Å². The minimum atomic E-state index is 0.385. The molecule has 2 aromatic carbocycles. The summed E-state index contributed by atoms with van der Waals surface area (Å²) >= 11 is 3.43. The van der Waals surface area contributed by atoms with Crippen LogP contribution in [0.4, 0.5) is 17.8 Å². The molecule has 0 spiro atoms. The third kappa shape index (κ3) is 5.74. The van der Waals surface area contributed by atoms with Crippen molar-refractivity contribution in [1.82, 2.24) is 15.0 Å². The second-order valence-electron chi connectivity index (χ2n) is 6.64. The van der Waals surface area contributed by atoms with Crippen molar-refractivity contribution in [2.24, 2.45) is 5.10 Å². The molecule has 0 bridgehead atoms. The number of ether oxygens (including phenoxy) is 1. The molecule has 4 rings (SSSR count). The van der Waals surface area contributed by atoms with Gasteiger partial charge in [0.25, 0.3) is 0 Å². The fourth-order valence-corrected chi connectivity index (χ4v) is 3.15. The minimum Gasteiger partial charge on any atom is -0.378 e. The van der Waals surface area contributed by atoms with E-state index >= 15 is 0 Å². The summed E-state index contributed by atoms with van der Waals surface area (Å²) in [7, 11) is 0. The smallest absolute Gasteiger partial charge is 0.250 e. The predicted octanol–water partition coefficient (Wildman–Crippen LogP) is 3.53. The fourth-order valence-electron chi connectivity index (χ4n) is 2.89. The standard InChI is InChI=1S/C21H22BrN7O/c22-18-8-6-17(7-9-18)15-24-28-20-25-19(23-14-16-4-2-1-3-5-16)26-21(27-20)29-10-12-30-13-11-29/h1-9,15H,10-14H2,(H2,23,25,26,27,28). The van der Waals surface area contributed by atoms with E-state index in [4.69, 9.17) is 4.74 Å². The molecule has 3 aromatic rings. The van der Waals surface area contributed by atoms with E-state index in [-0.39, 0.29) is 0 Å². The first-order valence-electron chi connectivity index (χ1n) is 9.67. The van der Waals surface area contributed by atoms with Gasteiger partial charge in [-0.15, -0.1) is 0 Å². The maximum Gasteiger partial charge on any atom is 0.250 e. The summed E-state index contributed by atoms with van der Waals surface area (Å²) in [5.41, 5.74) is 5.04. The molecule has 0 atom stereocenters. The first-order valence-corrected chi connectivity index (χ1v) is 10.5. The Morgan fingerprint density at radius 2 is 1.70 bits per heavy atom. The van der Waals surface area contributed by atoms with Crippen LogP contribution in [-0.2, 0) is 11.3 Å². The monoisotopic (exact) mass is 467 g/mol. The highest BCUT2D eigenvalue weighted by Crippen LogP contribution is 2.16. The van der Waals surface area contributed by atoms with Crippen LogP contribution in [0.3, 0.4) is 0 Å². The van der Waals surface area contributed by atoms with Gasteiger partial charge >= 0.3 is 0 Å².